The highest BCUT2D eigenvalue weighted by Gasteiger charge is 2.23. The van der Waals surface area contributed by atoms with Gasteiger partial charge in [0.25, 0.3) is 0 Å². The molecule has 21 heavy (non-hydrogen) atoms. The zero-order chi connectivity index (χ0) is 15.0. The summed E-state index contributed by atoms with van der Waals surface area (Å²) in [4.78, 5) is 19.4. The third-order valence-electron chi connectivity index (χ3n) is 3.46. The van der Waals surface area contributed by atoms with Crippen LogP contribution in [-0.2, 0) is 21.1 Å². The van der Waals surface area contributed by atoms with Crippen LogP contribution < -0.4 is 10.6 Å². The van der Waals surface area contributed by atoms with Crippen LogP contribution in [0.1, 0.15) is 5.82 Å². The monoisotopic (exact) mass is 308 g/mol. The van der Waals surface area contributed by atoms with E-state index < -0.39 is 9.84 Å². The smallest absolute Gasteiger partial charge is 0.237 e. The van der Waals surface area contributed by atoms with Gasteiger partial charge in [0.05, 0.1) is 22.0 Å². The third kappa shape index (κ3) is 2.91. The summed E-state index contributed by atoms with van der Waals surface area (Å²) >= 11 is 0. The minimum atomic E-state index is -3.25. The van der Waals surface area contributed by atoms with Crippen molar-refractivity contribution in [3.05, 3.63) is 24.0 Å². The maximum Gasteiger partial charge on any atom is 0.237 e. The first kappa shape index (κ1) is 14.0. The second kappa shape index (κ2) is 5.12. The number of rotatable bonds is 3. The molecule has 1 aromatic heterocycles. The van der Waals surface area contributed by atoms with Crippen LogP contribution in [0, 0.1) is 0 Å². The fourth-order valence-electron chi connectivity index (χ4n) is 2.38. The molecule has 1 aliphatic heterocycles. The minimum absolute atomic E-state index is 0.0430. The van der Waals surface area contributed by atoms with Crippen molar-refractivity contribution in [3.8, 4) is 0 Å². The molecule has 0 saturated carbocycles. The van der Waals surface area contributed by atoms with E-state index in [4.69, 9.17) is 0 Å². The number of benzene rings is 1. The number of nitrogens with zero attached hydrogens (tertiary/aromatic N) is 1. The molecule has 3 rings (SSSR count). The Morgan fingerprint density at radius 2 is 2.14 bits per heavy atom. The molecule has 0 aliphatic carbocycles. The molecule has 1 amide bonds. The summed E-state index contributed by atoms with van der Waals surface area (Å²) in [6.45, 7) is 1.36. The fraction of sp³-hybridized carbons (Fsp3) is 0.385. The van der Waals surface area contributed by atoms with Crippen LogP contribution in [0.3, 0.4) is 0 Å². The van der Waals surface area contributed by atoms with Gasteiger partial charge in [-0.1, -0.05) is 0 Å². The number of H-pyrrole nitrogens is 1. The molecule has 1 saturated heterocycles. The van der Waals surface area contributed by atoms with Crippen LogP contribution >= 0.6 is 0 Å². The number of fused-ring (bicyclic) bond motifs is 1. The van der Waals surface area contributed by atoms with Crippen LogP contribution in [-0.4, -0.2) is 49.7 Å². The summed E-state index contributed by atoms with van der Waals surface area (Å²) in [6, 6.07) is 4.46. The number of amides is 1. The summed E-state index contributed by atoms with van der Waals surface area (Å²) in [5.41, 5.74) is 1.35. The number of hydrogen-bond acceptors (Lipinski definition) is 5. The molecule has 1 aliphatic rings. The minimum Gasteiger partial charge on any atom is -0.353 e. The summed E-state index contributed by atoms with van der Waals surface area (Å²) in [5.74, 6) is 0.615. The Labute approximate surface area is 122 Å². The number of sulfone groups is 1. The van der Waals surface area contributed by atoms with E-state index in [1.54, 1.807) is 12.1 Å². The van der Waals surface area contributed by atoms with Gasteiger partial charge >= 0.3 is 0 Å². The maximum absolute atomic E-state index is 11.7. The molecule has 0 radical (unpaired) electrons. The molecule has 0 spiro atoms. The molecule has 1 atom stereocenters. The highest BCUT2D eigenvalue weighted by Crippen LogP contribution is 2.18. The molecule has 1 fully saturated rings. The van der Waals surface area contributed by atoms with Gasteiger partial charge in [0.15, 0.2) is 9.84 Å². The summed E-state index contributed by atoms with van der Waals surface area (Å²) in [7, 11) is -3.25. The Morgan fingerprint density at radius 1 is 1.33 bits per heavy atom. The first-order valence-corrected chi connectivity index (χ1v) is 8.52. The van der Waals surface area contributed by atoms with E-state index in [1.165, 1.54) is 12.3 Å². The van der Waals surface area contributed by atoms with Gasteiger partial charge in [-0.3, -0.25) is 4.79 Å². The number of hydrogen-bond donors (Lipinski definition) is 3. The summed E-state index contributed by atoms with van der Waals surface area (Å²) in [5, 5.41) is 5.92. The first-order valence-electron chi connectivity index (χ1n) is 6.63. The molecule has 7 nitrogen and oxygen atoms in total. The Hall–Kier alpha value is -1.93. The predicted octanol–water partition coefficient (Wildman–Crippen LogP) is -0.403. The van der Waals surface area contributed by atoms with Crippen molar-refractivity contribution in [1.29, 1.82) is 0 Å². The van der Waals surface area contributed by atoms with E-state index in [0.717, 1.165) is 6.54 Å². The van der Waals surface area contributed by atoms with E-state index in [-0.39, 0.29) is 16.8 Å². The average Bonchev–Trinajstić information content (AvgIpc) is 2.81. The van der Waals surface area contributed by atoms with E-state index in [0.29, 0.717) is 29.8 Å². The number of carbonyl (C=O) groups excluding carboxylic acids is 1. The maximum atomic E-state index is 11.7. The fourth-order valence-corrected chi connectivity index (χ4v) is 3.02. The quantitative estimate of drug-likeness (QED) is 0.715. The second-order valence-corrected chi connectivity index (χ2v) is 7.15. The molecule has 2 heterocycles. The molecule has 3 N–H and O–H groups in total. The number of nitrogens with one attached hydrogen (secondary N) is 3. The van der Waals surface area contributed by atoms with Gasteiger partial charge in [0, 0.05) is 25.8 Å². The Morgan fingerprint density at radius 3 is 2.86 bits per heavy atom. The molecule has 8 heteroatoms. The first-order chi connectivity index (χ1) is 9.93. The van der Waals surface area contributed by atoms with Crippen molar-refractivity contribution in [2.75, 3.05) is 19.3 Å². The topological polar surface area (TPSA) is 104 Å². The van der Waals surface area contributed by atoms with Gasteiger partial charge < -0.3 is 15.6 Å². The Balaban J connectivity index is 1.89. The number of piperazine rings is 1. The van der Waals surface area contributed by atoms with Crippen molar-refractivity contribution in [2.45, 2.75) is 17.4 Å². The van der Waals surface area contributed by atoms with E-state index in [9.17, 15) is 13.2 Å². The predicted molar refractivity (Wildman–Crippen MR) is 77.7 cm³/mol. The molecule has 1 unspecified atom stereocenters. The van der Waals surface area contributed by atoms with E-state index >= 15 is 0 Å². The van der Waals surface area contributed by atoms with Crippen LogP contribution in [0.4, 0.5) is 0 Å². The lowest BCUT2D eigenvalue weighted by atomic mass is 10.1. The molecular weight excluding hydrogens is 292 g/mol. The van der Waals surface area contributed by atoms with Gasteiger partial charge in [-0.25, -0.2) is 13.4 Å². The van der Waals surface area contributed by atoms with Gasteiger partial charge in [0.2, 0.25) is 5.91 Å². The number of aromatic amines is 1. The molecule has 2 aromatic rings. The van der Waals surface area contributed by atoms with Crippen molar-refractivity contribution in [1.82, 2.24) is 20.6 Å². The largest absolute Gasteiger partial charge is 0.353 e. The standard InChI is InChI=1S/C13H16N4O3S/c1-21(19,20)8-2-3-9-10(6-8)17-12(16-9)7-11-13(18)15-5-4-14-11/h2-3,6,11,14H,4-5,7H2,1H3,(H,15,18)(H,16,17). The van der Waals surface area contributed by atoms with Gasteiger partial charge in [-0.15, -0.1) is 0 Å². The Kier molecular flexibility index (Phi) is 3.42. The van der Waals surface area contributed by atoms with Crippen molar-refractivity contribution in [3.63, 3.8) is 0 Å². The van der Waals surface area contributed by atoms with Gasteiger partial charge in [-0.05, 0) is 18.2 Å². The van der Waals surface area contributed by atoms with Gasteiger partial charge in [0.1, 0.15) is 5.82 Å². The van der Waals surface area contributed by atoms with Crippen molar-refractivity contribution < 1.29 is 13.2 Å². The lowest BCUT2D eigenvalue weighted by Gasteiger charge is -2.22. The average molecular weight is 308 g/mol. The van der Waals surface area contributed by atoms with Crippen LogP contribution in [0.25, 0.3) is 11.0 Å². The molecular formula is C13H16N4O3S. The zero-order valence-electron chi connectivity index (χ0n) is 11.5. The highest BCUT2D eigenvalue weighted by molar-refractivity contribution is 7.90. The number of aromatic nitrogens is 2. The summed E-state index contributed by atoms with van der Waals surface area (Å²) in [6.07, 6.45) is 1.61. The summed E-state index contributed by atoms with van der Waals surface area (Å²) < 4.78 is 23.1. The van der Waals surface area contributed by atoms with Crippen LogP contribution in [0.5, 0.6) is 0 Å². The second-order valence-electron chi connectivity index (χ2n) is 5.14. The third-order valence-corrected chi connectivity index (χ3v) is 4.57. The van der Waals surface area contributed by atoms with E-state index in [2.05, 4.69) is 20.6 Å². The van der Waals surface area contributed by atoms with Crippen LogP contribution in [0.2, 0.25) is 0 Å². The number of imidazole rings is 1. The number of carbonyl (C=O) groups is 1. The lowest BCUT2D eigenvalue weighted by molar-refractivity contribution is -0.124. The normalized spacial score (nSPS) is 19.7. The van der Waals surface area contributed by atoms with Crippen LogP contribution in [0.15, 0.2) is 23.1 Å². The highest BCUT2D eigenvalue weighted by atomic mass is 32.2. The zero-order valence-corrected chi connectivity index (χ0v) is 12.3. The van der Waals surface area contributed by atoms with Crippen molar-refractivity contribution >= 4 is 26.8 Å². The van der Waals surface area contributed by atoms with Gasteiger partial charge in [-0.2, -0.15) is 0 Å². The van der Waals surface area contributed by atoms with Crippen molar-refractivity contribution in [2.24, 2.45) is 0 Å². The van der Waals surface area contributed by atoms with E-state index in [1.807, 2.05) is 0 Å². The molecule has 0 bridgehead atoms. The molecule has 112 valence electrons. The Bertz CT molecular complexity index is 797. The SMILES string of the molecule is CS(=O)(=O)c1ccc2nc(CC3NCCNC3=O)[nH]c2c1. The lowest BCUT2D eigenvalue weighted by Crippen LogP contribution is -2.53. The molecule has 1 aromatic carbocycles.